The summed E-state index contributed by atoms with van der Waals surface area (Å²) in [5.74, 6) is -0.643. The molecule has 34 heavy (non-hydrogen) atoms. The third-order valence-corrected chi connectivity index (χ3v) is 8.43. The fraction of sp³-hybridized carbons (Fsp3) is 0.0870. The first-order valence-corrected chi connectivity index (χ1v) is 13.2. The molecule has 0 bridgehead atoms. The maximum atomic E-state index is 12.5. The second-order valence-corrected chi connectivity index (χ2v) is 10.8. The van der Waals surface area contributed by atoms with Gasteiger partial charge in [0.15, 0.2) is 0 Å². The predicted octanol–water partition coefficient (Wildman–Crippen LogP) is 6.63. The van der Waals surface area contributed by atoms with Crippen LogP contribution in [0.1, 0.15) is 36.7 Å². The third kappa shape index (κ3) is 5.51. The second-order valence-electron chi connectivity index (χ2n) is 7.02. The number of hydrogen-bond acceptors (Lipinski definition) is 7. The predicted molar refractivity (Wildman–Crippen MR) is 141 cm³/mol. The molecule has 0 aliphatic rings. The van der Waals surface area contributed by atoms with Crippen LogP contribution in [0.2, 0.25) is 10.0 Å². The van der Waals surface area contributed by atoms with Gasteiger partial charge >= 0.3 is 0 Å². The number of hydrogen-bond donors (Lipinski definition) is 3. The first-order valence-electron chi connectivity index (χ1n) is 9.84. The lowest BCUT2D eigenvalue weighted by Gasteiger charge is -2.04. The summed E-state index contributed by atoms with van der Waals surface area (Å²) < 4.78 is 0. The molecule has 6 nitrogen and oxygen atoms in total. The third-order valence-electron chi connectivity index (χ3n) is 4.72. The van der Waals surface area contributed by atoms with Gasteiger partial charge in [-0.2, -0.15) is 5.10 Å². The summed E-state index contributed by atoms with van der Waals surface area (Å²) in [6.45, 7) is 2.12. The number of hydrazone groups is 1. The Hall–Kier alpha value is -2.69. The highest BCUT2D eigenvalue weighted by Gasteiger charge is 2.17. The quantitative estimate of drug-likeness (QED) is 0.178. The highest BCUT2D eigenvalue weighted by Crippen LogP contribution is 2.40. The lowest BCUT2D eigenvalue weighted by atomic mass is 10.1. The molecule has 0 fully saturated rings. The zero-order valence-corrected chi connectivity index (χ0v) is 21.6. The van der Waals surface area contributed by atoms with E-state index in [2.05, 4.69) is 15.8 Å². The molecule has 0 atom stereocenters. The molecule has 2 amide bonds. The Labute approximate surface area is 217 Å². The van der Waals surface area contributed by atoms with Gasteiger partial charge in [-0.3, -0.25) is 9.59 Å². The molecule has 174 valence electrons. The summed E-state index contributed by atoms with van der Waals surface area (Å²) in [6.07, 6.45) is 0. The van der Waals surface area contributed by atoms with E-state index in [1.54, 1.807) is 54.0 Å². The number of thiophene rings is 3. The molecule has 3 N–H and O–H groups in total. The summed E-state index contributed by atoms with van der Waals surface area (Å²) in [5, 5.41) is 22.1. The van der Waals surface area contributed by atoms with E-state index in [-0.39, 0.29) is 11.7 Å². The highest BCUT2D eigenvalue weighted by molar-refractivity contribution is 7.16. The van der Waals surface area contributed by atoms with Crippen LogP contribution < -0.4 is 10.7 Å². The average molecular weight is 551 g/mol. The summed E-state index contributed by atoms with van der Waals surface area (Å²) in [5.41, 5.74) is 4.13. The number of aromatic hydroxyl groups is 1. The summed E-state index contributed by atoms with van der Waals surface area (Å²) in [6, 6.07) is 12.2. The molecule has 0 aliphatic carbocycles. The first kappa shape index (κ1) is 24.4. The Balaban J connectivity index is 1.41. The molecule has 0 unspecified atom stereocenters. The van der Waals surface area contributed by atoms with Crippen molar-refractivity contribution in [3.8, 4) is 16.2 Å². The zero-order chi connectivity index (χ0) is 24.2. The number of carbonyl (C=O) groups excluding carboxylic acids is 2. The van der Waals surface area contributed by atoms with Gasteiger partial charge in [0.1, 0.15) is 5.75 Å². The van der Waals surface area contributed by atoms with Crippen LogP contribution in [0.15, 0.2) is 58.3 Å². The smallest absolute Gasteiger partial charge is 0.281 e. The molecule has 0 aliphatic heterocycles. The van der Waals surface area contributed by atoms with E-state index in [0.29, 0.717) is 42.5 Å². The number of amides is 2. The minimum atomic E-state index is -0.443. The minimum absolute atomic E-state index is 0.0414. The number of nitrogens with zero attached hydrogens (tertiary/aromatic N) is 1. The molecular formula is C23H17Cl2N3O3S3. The summed E-state index contributed by atoms with van der Waals surface area (Å²) in [7, 11) is 0. The maximum absolute atomic E-state index is 12.5. The standard InChI is InChI=1S/C23H17Cl2N3O3S3/c1-12(15-11-33-21(20(15)29)13-4-5-16(24)17(25)9-13)27-28-23(31)19-7-6-18(34-19)22(30)26-10-14-3-2-8-32-14/h2-9,11,29H,10H2,1H3,(H,26,30)(H,28,31)/b27-12+. The number of carbonyl (C=O) groups is 2. The van der Waals surface area contributed by atoms with Crippen molar-refractivity contribution < 1.29 is 14.7 Å². The molecule has 11 heteroatoms. The second kappa shape index (κ2) is 10.7. The van der Waals surface area contributed by atoms with Crippen molar-refractivity contribution in [2.24, 2.45) is 5.10 Å². The van der Waals surface area contributed by atoms with Crippen molar-refractivity contribution in [3.63, 3.8) is 0 Å². The van der Waals surface area contributed by atoms with E-state index in [1.165, 1.54) is 11.3 Å². The molecule has 4 rings (SSSR count). The highest BCUT2D eigenvalue weighted by atomic mass is 35.5. The van der Waals surface area contributed by atoms with Gasteiger partial charge in [0.25, 0.3) is 11.8 Å². The number of halogens is 2. The molecule has 0 spiro atoms. The normalized spacial score (nSPS) is 11.4. The maximum Gasteiger partial charge on any atom is 0.281 e. The molecule has 0 saturated carbocycles. The molecule has 0 radical (unpaired) electrons. The molecule has 3 aromatic heterocycles. The number of benzene rings is 1. The van der Waals surface area contributed by atoms with Crippen LogP contribution in [-0.4, -0.2) is 22.6 Å². The van der Waals surface area contributed by atoms with Gasteiger partial charge < -0.3 is 10.4 Å². The van der Waals surface area contributed by atoms with Gasteiger partial charge in [-0.25, -0.2) is 5.43 Å². The van der Waals surface area contributed by atoms with Crippen molar-refractivity contribution in [1.82, 2.24) is 10.7 Å². The lowest BCUT2D eigenvalue weighted by molar-refractivity contribution is 0.0950. The van der Waals surface area contributed by atoms with E-state index in [0.717, 1.165) is 21.8 Å². The van der Waals surface area contributed by atoms with E-state index in [1.807, 2.05) is 17.5 Å². The fourth-order valence-corrected chi connectivity index (χ4v) is 5.71. The Morgan fingerprint density at radius 1 is 1.03 bits per heavy atom. The van der Waals surface area contributed by atoms with E-state index in [4.69, 9.17) is 23.2 Å². The summed E-state index contributed by atoms with van der Waals surface area (Å²) >= 11 is 16.0. The van der Waals surface area contributed by atoms with Crippen molar-refractivity contribution in [2.75, 3.05) is 0 Å². The van der Waals surface area contributed by atoms with Crippen molar-refractivity contribution in [3.05, 3.63) is 83.5 Å². The largest absolute Gasteiger partial charge is 0.506 e. The fourth-order valence-electron chi connectivity index (χ4n) is 2.95. The Morgan fingerprint density at radius 2 is 1.79 bits per heavy atom. The van der Waals surface area contributed by atoms with Gasteiger partial charge in [0.05, 0.1) is 42.5 Å². The first-order chi connectivity index (χ1) is 16.3. The van der Waals surface area contributed by atoms with Crippen LogP contribution >= 0.6 is 57.2 Å². The summed E-state index contributed by atoms with van der Waals surface area (Å²) in [4.78, 5) is 27.3. The molecule has 3 heterocycles. The monoisotopic (exact) mass is 549 g/mol. The van der Waals surface area contributed by atoms with Crippen LogP contribution in [0.25, 0.3) is 10.4 Å². The van der Waals surface area contributed by atoms with Crippen molar-refractivity contribution >= 4 is 74.7 Å². The van der Waals surface area contributed by atoms with Gasteiger partial charge in [-0.1, -0.05) is 35.3 Å². The van der Waals surface area contributed by atoms with Crippen LogP contribution in [0.3, 0.4) is 0 Å². The average Bonchev–Trinajstić information content (AvgIpc) is 3.58. The number of nitrogens with one attached hydrogen (secondary N) is 2. The Morgan fingerprint density at radius 3 is 2.50 bits per heavy atom. The topological polar surface area (TPSA) is 90.8 Å². The Kier molecular flexibility index (Phi) is 7.70. The van der Waals surface area contributed by atoms with Crippen LogP contribution in [0.4, 0.5) is 0 Å². The SMILES string of the molecule is C/C(=N\NC(=O)c1ccc(C(=O)NCc2cccs2)s1)c1csc(-c2ccc(Cl)c(Cl)c2)c1O. The van der Waals surface area contributed by atoms with E-state index < -0.39 is 5.91 Å². The van der Waals surface area contributed by atoms with Gasteiger partial charge in [-0.05, 0) is 48.2 Å². The van der Waals surface area contributed by atoms with Crippen LogP contribution in [0.5, 0.6) is 5.75 Å². The van der Waals surface area contributed by atoms with Crippen molar-refractivity contribution in [1.29, 1.82) is 0 Å². The lowest BCUT2D eigenvalue weighted by Crippen LogP contribution is -2.21. The van der Waals surface area contributed by atoms with E-state index >= 15 is 0 Å². The van der Waals surface area contributed by atoms with Crippen LogP contribution in [0, 0.1) is 0 Å². The Bertz CT molecular complexity index is 1380. The molecule has 1 aromatic carbocycles. The van der Waals surface area contributed by atoms with Gasteiger partial charge in [0, 0.05) is 10.3 Å². The number of rotatable bonds is 7. The zero-order valence-electron chi connectivity index (χ0n) is 17.6. The molecule has 4 aromatic rings. The molecule has 0 saturated heterocycles. The van der Waals surface area contributed by atoms with E-state index in [9.17, 15) is 14.7 Å². The van der Waals surface area contributed by atoms with Gasteiger partial charge in [-0.15, -0.1) is 34.0 Å². The minimum Gasteiger partial charge on any atom is -0.506 e. The van der Waals surface area contributed by atoms with Gasteiger partial charge in [0.2, 0.25) is 0 Å². The molecular weight excluding hydrogens is 533 g/mol. The van der Waals surface area contributed by atoms with Crippen LogP contribution in [-0.2, 0) is 6.54 Å². The van der Waals surface area contributed by atoms with Crippen molar-refractivity contribution in [2.45, 2.75) is 13.5 Å².